The van der Waals surface area contributed by atoms with Gasteiger partial charge in [0.15, 0.2) is 6.10 Å². The Labute approximate surface area is 199 Å². The predicted molar refractivity (Wildman–Crippen MR) is 131 cm³/mol. The molecule has 0 radical (unpaired) electrons. The summed E-state index contributed by atoms with van der Waals surface area (Å²) >= 11 is 0. The largest absolute Gasteiger partial charge is 0.481 e. The quantitative estimate of drug-likeness (QED) is 0.446. The Kier molecular flexibility index (Phi) is 6.84. The van der Waals surface area contributed by atoms with Crippen molar-refractivity contribution in [1.82, 2.24) is 14.9 Å². The van der Waals surface area contributed by atoms with Crippen LogP contribution in [0.3, 0.4) is 0 Å². The van der Waals surface area contributed by atoms with Crippen molar-refractivity contribution < 1.29 is 19.5 Å². The van der Waals surface area contributed by atoms with Crippen molar-refractivity contribution in [2.45, 2.75) is 52.7 Å². The highest BCUT2D eigenvalue weighted by molar-refractivity contribution is 5.96. The summed E-state index contributed by atoms with van der Waals surface area (Å²) < 4.78 is 6.00. The number of aromatic nitrogens is 1. The van der Waals surface area contributed by atoms with Gasteiger partial charge in [-0.25, -0.2) is 5.06 Å². The van der Waals surface area contributed by atoms with Crippen molar-refractivity contribution >= 4 is 22.7 Å². The summed E-state index contributed by atoms with van der Waals surface area (Å²) in [5, 5.41) is 11.7. The van der Waals surface area contributed by atoms with Crippen LogP contribution in [-0.4, -0.2) is 57.2 Å². The number of amides is 2. The SMILES string of the molecule is CC(=O)N(O)[C@H]1CCCN(C(=O)C(C)Oc2ccc3c(-c4c(C)cccc4C)ccnc3c2)C1. The number of fused-ring (bicyclic) bond motifs is 1. The molecule has 1 aliphatic rings. The molecule has 0 saturated carbocycles. The van der Waals surface area contributed by atoms with Crippen molar-refractivity contribution in [1.29, 1.82) is 0 Å². The van der Waals surface area contributed by atoms with Crippen molar-refractivity contribution in [3.63, 3.8) is 0 Å². The predicted octanol–water partition coefficient (Wildman–Crippen LogP) is 4.51. The minimum atomic E-state index is -0.706. The van der Waals surface area contributed by atoms with E-state index in [-0.39, 0.29) is 5.91 Å². The number of pyridine rings is 1. The molecule has 3 aromatic rings. The molecule has 7 heteroatoms. The molecule has 2 atom stereocenters. The van der Waals surface area contributed by atoms with Gasteiger partial charge in [-0.15, -0.1) is 0 Å². The van der Waals surface area contributed by atoms with Gasteiger partial charge in [-0.1, -0.05) is 18.2 Å². The highest BCUT2D eigenvalue weighted by Crippen LogP contribution is 2.34. The Balaban J connectivity index is 1.52. The van der Waals surface area contributed by atoms with Crippen LogP contribution in [0.4, 0.5) is 0 Å². The van der Waals surface area contributed by atoms with Crippen LogP contribution in [0.2, 0.25) is 0 Å². The zero-order valence-electron chi connectivity index (χ0n) is 20.1. The average molecular weight is 462 g/mol. The highest BCUT2D eigenvalue weighted by atomic mass is 16.5. The van der Waals surface area contributed by atoms with Gasteiger partial charge in [-0.2, -0.15) is 0 Å². The summed E-state index contributed by atoms with van der Waals surface area (Å²) in [5.74, 6) is -0.0212. The minimum Gasteiger partial charge on any atom is -0.481 e. The molecule has 2 aromatic carbocycles. The molecule has 0 aliphatic carbocycles. The molecule has 1 saturated heterocycles. The maximum Gasteiger partial charge on any atom is 0.263 e. The second-order valence-electron chi connectivity index (χ2n) is 9.01. The zero-order valence-corrected chi connectivity index (χ0v) is 20.1. The lowest BCUT2D eigenvalue weighted by molar-refractivity contribution is -0.179. The van der Waals surface area contributed by atoms with Gasteiger partial charge in [0.2, 0.25) is 5.91 Å². The molecule has 4 rings (SSSR count). The number of hydrogen-bond acceptors (Lipinski definition) is 5. The summed E-state index contributed by atoms with van der Waals surface area (Å²) in [7, 11) is 0. The fourth-order valence-electron chi connectivity index (χ4n) is 4.78. The number of hydrogen-bond donors (Lipinski definition) is 1. The first kappa shape index (κ1) is 23.7. The van der Waals surface area contributed by atoms with E-state index in [1.54, 1.807) is 18.0 Å². The van der Waals surface area contributed by atoms with Crippen LogP contribution in [0, 0.1) is 13.8 Å². The van der Waals surface area contributed by atoms with Gasteiger partial charge in [0.1, 0.15) is 5.75 Å². The van der Waals surface area contributed by atoms with E-state index in [2.05, 4.69) is 37.0 Å². The van der Waals surface area contributed by atoms with Crippen molar-refractivity contribution in [3.8, 4) is 16.9 Å². The van der Waals surface area contributed by atoms with Gasteiger partial charge in [0, 0.05) is 37.7 Å². The molecular formula is C27H31N3O4. The Morgan fingerprint density at radius 3 is 2.62 bits per heavy atom. The van der Waals surface area contributed by atoms with E-state index in [1.165, 1.54) is 23.6 Å². The molecular weight excluding hydrogens is 430 g/mol. The maximum atomic E-state index is 13.0. The number of likely N-dealkylation sites (tertiary alicyclic amines) is 1. The number of nitrogens with zero attached hydrogens (tertiary/aromatic N) is 3. The number of benzene rings is 2. The topological polar surface area (TPSA) is 83.0 Å². The first-order valence-corrected chi connectivity index (χ1v) is 11.7. The third-order valence-electron chi connectivity index (χ3n) is 6.50. The second-order valence-corrected chi connectivity index (χ2v) is 9.01. The normalized spacial score (nSPS) is 16.9. The number of hydroxylamine groups is 2. The summed E-state index contributed by atoms with van der Waals surface area (Å²) in [6.45, 7) is 8.12. The first-order chi connectivity index (χ1) is 16.3. The standard InChI is InChI=1S/C27H31N3O4/c1-17-7-5-8-18(2)26(17)24-12-13-28-25-15-22(10-11-23(24)25)34-19(3)27(32)29-14-6-9-21(16-29)30(33)20(4)31/h5,7-8,10-13,15,19,21,33H,6,9,14,16H2,1-4H3/t19?,21-/m0/s1. The van der Waals surface area contributed by atoms with Gasteiger partial charge < -0.3 is 9.64 Å². The molecule has 1 fully saturated rings. The Hall–Kier alpha value is -3.45. The lowest BCUT2D eigenvalue weighted by atomic mass is 9.93. The van der Waals surface area contributed by atoms with Gasteiger partial charge in [0.05, 0.1) is 11.6 Å². The molecule has 0 bridgehead atoms. The van der Waals surface area contributed by atoms with Crippen molar-refractivity contribution in [2.75, 3.05) is 13.1 Å². The van der Waals surface area contributed by atoms with Gasteiger partial charge in [-0.3, -0.25) is 19.8 Å². The number of ether oxygens (including phenoxy) is 1. The molecule has 2 heterocycles. The van der Waals surface area contributed by atoms with Gasteiger partial charge in [-0.05, 0) is 74.1 Å². The molecule has 1 N–H and O–H groups in total. The van der Waals surface area contributed by atoms with E-state index in [1.807, 2.05) is 24.3 Å². The molecule has 1 aromatic heterocycles. The minimum absolute atomic E-state index is 0.168. The zero-order chi connectivity index (χ0) is 24.4. The van der Waals surface area contributed by atoms with Crippen molar-refractivity contribution in [3.05, 3.63) is 59.8 Å². The summed E-state index contributed by atoms with van der Waals surface area (Å²) in [6, 6.07) is 13.6. The lowest BCUT2D eigenvalue weighted by Crippen LogP contribution is -2.52. The van der Waals surface area contributed by atoms with Crippen LogP contribution in [-0.2, 0) is 9.59 Å². The smallest absolute Gasteiger partial charge is 0.263 e. The fraction of sp³-hybridized carbons (Fsp3) is 0.370. The van der Waals surface area contributed by atoms with Crippen molar-refractivity contribution in [2.24, 2.45) is 0 Å². The molecule has 34 heavy (non-hydrogen) atoms. The van der Waals surface area contributed by atoms with E-state index >= 15 is 0 Å². The molecule has 1 unspecified atom stereocenters. The third-order valence-corrected chi connectivity index (χ3v) is 6.50. The van der Waals surface area contributed by atoms with Crippen LogP contribution >= 0.6 is 0 Å². The van der Waals surface area contributed by atoms with Crippen LogP contribution in [0.25, 0.3) is 22.0 Å². The maximum absolute atomic E-state index is 13.0. The molecule has 178 valence electrons. The van der Waals surface area contributed by atoms with E-state index in [4.69, 9.17) is 4.74 Å². The monoisotopic (exact) mass is 461 g/mol. The Morgan fingerprint density at radius 1 is 1.18 bits per heavy atom. The molecule has 7 nitrogen and oxygen atoms in total. The molecule has 0 spiro atoms. The number of rotatable bonds is 5. The number of carbonyl (C=O) groups is 2. The van der Waals surface area contributed by atoms with Gasteiger partial charge in [0.25, 0.3) is 5.91 Å². The Morgan fingerprint density at radius 2 is 1.91 bits per heavy atom. The van der Waals surface area contributed by atoms with Crippen LogP contribution in [0.5, 0.6) is 5.75 Å². The fourth-order valence-corrected chi connectivity index (χ4v) is 4.78. The van der Waals surface area contributed by atoms with Crippen LogP contribution in [0.1, 0.15) is 37.8 Å². The van der Waals surface area contributed by atoms with E-state index in [0.29, 0.717) is 31.7 Å². The van der Waals surface area contributed by atoms with E-state index in [9.17, 15) is 14.8 Å². The number of carbonyl (C=O) groups excluding carboxylic acids is 2. The van der Waals surface area contributed by atoms with Crippen LogP contribution < -0.4 is 4.74 Å². The summed E-state index contributed by atoms with van der Waals surface area (Å²) in [6.07, 6.45) is 2.47. The molecule has 1 aliphatic heterocycles. The highest BCUT2D eigenvalue weighted by Gasteiger charge is 2.31. The number of piperidine rings is 1. The molecule has 2 amide bonds. The third kappa shape index (κ3) is 4.75. The van der Waals surface area contributed by atoms with Gasteiger partial charge >= 0.3 is 0 Å². The second kappa shape index (κ2) is 9.81. The average Bonchev–Trinajstić information content (AvgIpc) is 2.83. The Bertz CT molecular complexity index is 1210. The summed E-state index contributed by atoms with van der Waals surface area (Å²) in [5.41, 5.74) is 5.54. The van der Waals surface area contributed by atoms with Crippen LogP contribution in [0.15, 0.2) is 48.7 Å². The van der Waals surface area contributed by atoms with E-state index in [0.717, 1.165) is 21.5 Å². The summed E-state index contributed by atoms with van der Waals surface area (Å²) in [4.78, 5) is 30.7. The number of aryl methyl sites for hydroxylation is 2. The lowest BCUT2D eigenvalue weighted by Gasteiger charge is -2.36. The first-order valence-electron chi connectivity index (χ1n) is 11.7. The van der Waals surface area contributed by atoms with E-state index < -0.39 is 18.1 Å².